The summed E-state index contributed by atoms with van der Waals surface area (Å²) in [6.07, 6.45) is 0. The second-order valence-corrected chi connectivity index (χ2v) is 9.39. The summed E-state index contributed by atoms with van der Waals surface area (Å²) in [7, 11) is 0. The minimum atomic E-state index is -0.364. The van der Waals surface area contributed by atoms with Gasteiger partial charge in [-0.3, -0.25) is 28.1 Å². The number of nitrogens with zero attached hydrogens (tertiary/aromatic N) is 8. The van der Waals surface area contributed by atoms with Gasteiger partial charge in [0.1, 0.15) is 23.4 Å². The van der Waals surface area contributed by atoms with E-state index in [1.165, 1.54) is 33.1 Å². The normalized spacial score (nSPS) is 11.6. The third-order valence-electron chi connectivity index (χ3n) is 7.54. The minimum absolute atomic E-state index is 0.137. The van der Waals surface area contributed by atoms with E-state index in [0.717, 1.165) is 0 Å². The Hall–Kier alpha value is -6.62. The monoisotopic (exact) mass is 512 g/mol. The van der Waals surface area contributed by atoms with Gasteiger partial charge >= 0.3 is 0 Å². The summed E-state index contributed by atoms with van der Waals surface area (Å²) in [5, 5.41) is 22.1. The quantitative estimate of drug-likeness (QED) is 0.203. The maximum atomic E-state index is 13.9. The van der Waals surface area contributed by atoms with Crippen LogP contribution in [0, 0.1) is 35.8 Å². The summed E-state index contributed by atoms with van der Waals surface area (Å²) in [5.74, 6) is 0. The number of fused-ring (bicyclic) bond motifs is 8. The molecule has 10 nitrogen and oxygen atoms in total. The molecular formula is C30H8N8O2. The lowest BCUT2D eigenvalue weighted by atomic mass is 9.96. The average molecular weight is 512 g/mol. The summed E-state index contributed by atoms with van der Waals surface area (Å²) in [4.78, 5) is 44.0. The Balaban J connectivity index is 1.61. The second kappa shape index (κ2) is 7.02. The van der Waals surface area contributed by atoms with Crippen molar-refractivity contribution in [2.45, 2.75) is 0 Å². The molecule has 4 aromatic carbocycles. The molecule has 4 heterocycles. The number of hydrogen-bond acceptors (Lipinski definition) is 6. The Morgan fingerprint density at radius 3 is 1.62 bits per heavy atom. The molecule has 8 rings (SSSR count). The highest BCUT2D eigenvalue weighted by Crippen LogP contribution is 2.38. The zero-order valence-corrected chi connectivity index (χ0v) is 20.0. The molecule has 0 spiro atoms. The molecule has 4 aromatic heterocycles. The fraction of sp³-hybridized carbons (Fsp3) is 0. The zero-order chi connectivity index (χ0) is 27.4. The summed E-state index contributed by atoms with van der Waals surface area (Å²) in [6, 6.07) is 16.9. The van der Waals surface area contributed by atoms with Crippen molar-refractivity contribution in [3.8, 4) is 12.1 Å². The van der Waals surface area contributed by atoms with E-state index in [4.69, 9.17) is 13.1 Å². The van der Waals surface area contributed by atoms with E-state index < -0.39 is 0 Å². The average Bonchev–Trinajstić information content (AvgIpc) is 3.55. The standard InChI is InChI=1S/C30H8N8O2/c1-33-19-9-22-24(10-20(19)34-2)38-28(36-22)16-4-3-15-25-17(5-6-18(26(16)25)30(38)40)29(39)37-23-8-14(12-32)13(11-31)7-21(23)35-27(15)37/h3-10H. The molecule has 0 N–H and O–H groups in total. The molecule has 0 radical (unpaired) electrons. The van der Waals surface area contributed by atoms with Crippen LogP contribution in [0.5, 0.6) is 0 Å². The minimum Gasteiger partial charge on any atom is -0.268 e. The van der Waals surface area contributed by atoms with E-state index in [1.54, 1.807) is 12.1 Å². The van der Waals surface area contributed by atoms with E-state index in [2.05, 4.69) is 19.7 Å². The van der Waals surface area contributed by atoms with Crippen LogP contribution in [0.2, 0.25) is 0 Å². The first-order valence-corrected chi connectivity index (χ1v) is 11.9. The fourth-order valence-corrected chi connectivity index (χ4v) is 5.83. The van der Waals surface area contributed by atoms with Crippen LogP contribution in [0.25, 0.3) is 75.4 Å². The molecule has 0 atom stereocenters. The summed E-state index contributed by atoms with van der Waals surface area (Å²) >= 11 is 0. The van der Waals surface area contributed by atoms with Crippen LogP contribution >= 0.6 is 0 Å². The third-order valence-corrected chi connectivity index (χ3v) is 7.54. The van der Waals surface area contributed by atoms with E-state index >= 15 is 0 Å². The van der Waals surface area contributed by atoms with Crippen LogP contribution in [0.3, 0.4) is 0 Å². The number of aromatic nitrogens is 4. The highest BCUT2D eigenvalue weighted by Gasteiger charge is 2.23. The van der Waals surface area contributed by atoms with Crippen LogP contribution in [-0.4, -0.2) is 18.8 Å². The van der Waals surface area contributed by atoms with Gasteiger partial charge in [-0.1, -0.05) is 0 Å². The molecule has 0 aliphatic heterocycles. The van der Waals surface area contributed by atoms with Gasteiger partial charge in [0, 0.05) is 32.3 Å². The number of rotatable bonds is 0. The Morgan fingerprint density at radius 1 is 0.650 bits per heavy atom. The number of benzene rings is 4. The van der Waals surface area contributed by atoms with Gasteiger partial charge in [-0.05, 0) is 48.5 Å². The van der Waals surface area contributed by atoms with Gasteiger partial charge in [-0.15, -0.1) is 0 Å². The SMILES string of the molecule is [C-]#[N+]c1cc2nc3c4ccc5c6c(ccc(c(=O)n3c2cc1[N+]#[C-])c46)c(=O)n1c2cc(C#N)c(C#N)cc2nc51. The molecule has 0 amide bonds. The smallest absolute Gasteiger partial charge is 0.264 e. The zero-order valence-electron chi connectivity index (χ0n) is 20.0. The Labute approximate surface area is 221 Å². The highest BCUT2D eigenvalue weighted by atomic mass is 16.1. The lowest BCUT2D eigenvalue weighted by Crippen LogP contribution is -2.16. The summed E-state index contributed by atoms with van der Waals surface area (Å²) in [6.45, 7) is 14.9. The van der Waals surface area contributed by atoms with Crippen molar-refractivity contribution in [1.82, 2.24) is 18.8 Å². The summed E-state index contributed by atoms with van der Waals surface area (Å²) in [5.41, 5.74) is 2.26. The first kappa shape index (κ1) is 21.5. The van der Waals surface area contributed by atoms with E-state index in [0.29, 0.717) is 65.7 Å². The lowest BCUT2D eigenvalue weighted by molar-refractivity contribution is 1.18. The van der Waals surface area contributed by atoms with Crippen LogP contribution in [0.15, 0.2) is 58.1 Å². The molecule has 0 saturated carbocycles. The molecule has 0 bridgehead atoms. The van der Waals surface area contributed by atoms with Crippen LogP contribution in [0.1, 0.15) is 11.1 Å². The maximum Gasteiger partial charge on any atom is 0.264 e. The Morgan fingerprint density at radius 2 is 1.10 bits per heavy atom. The second-order valence-electron chi connectivity index (χ2n) is 9.39. The molecule has 0 fully saturated rings. The number of nitriles is 2. The van der Waals surface area contributed by atoms with Crippen LogP contribution < -0.4 is 11.1 Å². The van der Waals surface area contributed by atoms with Gasteiger partial charge in [0.25, 0.3) is 11.1 Å². The van der Waals surface area contributed by atoms with Gasteiger partial charge in [0.05, 0.1) is 46.3 Å². The Bertz CT molecular complexity index is 2600. The first-order chi connectivity index (χ1) is 19.5. The predicted octanol–water partition coefficient (Wildman–Crippen LogP) is 5.19. The number of imidazole rings is 2. The van der Waals surface area contributed by atoms with E-state index in [1.807, 2.05) is 24.3 Å². The molecule has 10 heteroatoms. The van der Waals surface area contributed by atoms with Gasteiger partial charge in [-0.25, -0.2) is 9.97 Å². The molecule has 0 aliphatic carbocycles. The van der Waals surface area contributed by atoms with Gasteiger partial charge in [0.2, 0.25) is 0 Å². The van der Waals surface area contributed by atoms with Crippen molar-refractivity contribution >= 4 is 77.1 Å². The molecule has 0 unspecified atom stereocenters. The molecule has 180 valence electrons. The summed E-state index contributed by atoms with van der Waals surface area (Å²) < 4.78 is 2.89. The molecule has 0 aliphatic rings. The van der Waals surface area contributed by atoms with Crippen molar-refractivity contribution < 1.29 is 0 Å². The molecular weight excluding hydrogens is 504 g/mol. The largest absolute Gasteiger partial charge is 0.268 e. The van der Waals surface area contributed by atoms with Crippen molar-refractivity contribution in [2.24, 2.45) is 0 Å². The third kappa shape index (κ3) is 2.33. The van der Waals surface area contributed by atoms with E-state index in [-0.39, 0.29) is 33.6 Å². The van der Waals surface area contributed by atoms with Crippen LogP contribution in [-0.2, 0) is 0 Å². The highest BCUT2D eigenvalue weighted by molar-refractivity contribution is 6.28. The van der Waals surface area contributed by atoms with Crippen molar-refractivity contribution in [3.63, 3.8) is 0 Å². The predicted molar refractivity (Wildman–Crippen MR) is 148 cm³/mol. The molecule has 8 aromatic rings. The fourth-order valence-electron chi connectivity index (χ4n) is 5.83. The van der Waals surface area contributed by atoms with Crippen molar-refractivity contribution in [3.05, 3.63) is 103 Å². The van der Waals surface area contributed by atoms with Crippen molar-refractivity contribution in [2.75, 3.05) is 0 Å². The Kier molecular flexibility index (Phi) is 3.77. The van der Waals surface area contributed by atoms with Crippen LogP contribution in [0.4, 0.5) is 11.4 Å². The lowest BCUT2D eigenvalue weighted by Gasteiger charge is -2.12. The maximum absolute atomic E-state index is 13.9. The molecule has 0 saturated heterocycles. The number of hydrogen-bond donors (Lipinski definition) is 0. The topological polar surface area (TPSA) is 125 Å². The van der Waals surface area contributed by atoms with Crippen molar-refractivity contribution in [1.29, 1.82) is 10.5 Å². The van der Waals surface area contributed by atoms with Gasteiger partial charge in [0.15, 0.2) is 11.4 Å². The number of pyridine rings is 2. The van der Waals surface area contributed by atoms with Gasteiger partial charge < -0.3 is 0 Å². The first-order valence-electron chi connectivity index (χ1n) is 11.9. The molecule has 40 heavy (non-hydrogen) atoms. The van der Waals surface area contributed by atoms with E-state index in [9.17, 15) is 20.1 Å². The van der Waals surface area contributed by atoms with Gasteiger partial charge in [-0.2, -0.15) is 10.5 Å².